The van der Waals surface area contributed by atoms with Crippen molar-refractivity contribution in [2.45, 2.75) is 104 Å². The zero-order valence-electron chi connectivity index (χ0n) is 21.7. The van der Waals surface area contributed by atoms with E-state index in [1.165, 1.54) is 0 Å². The Balaban J connectivity index is 5.54. The zero-order chi connectivity index (χ0) is 26.4. The summed E-state index contributed by atoms with van der Waals surface area (Å²) in [5.74, 6) is -2.53. The quantitative estimate of drug-likeness (QED) is 0.167. The van der Waals surface area contributed by atoms with Crippen molar-refractivity contribution < 1.29 is 24.3 Å². The molecule has 0 aliphatic heterocycles. The molecule has 0 spiro atoms. The first kappa shape index (κ1) is 31.8. The average molecular weight is 486 g/mol. The largest absolute Gasteiger partial charge is 0.480 e. The Morgan fingerprint density at radius 2 is 1.24 bits per heavy atom. The highest BCUT2D eigenvalue weighted by Gasteiger charge is 2.31. The van der Waals surface area contributed by atoms with Gasteiger partial charge in [-0.1, -0.05) is 48.0 Å². The Kier molecular flexibility index (Phi) is 15.4. The van der Waals surface area contributed by atoms with Gasteiger partial charge in [-0.25, -0.2) is 4.79 Å². The van der Waals surface area contributed by atoms with Crippen LogP contribution in [0, 0.1) is 17.8 Å². The van der Waals surface area contributed by atoms with E-state index in [4.69, 9.17) is 11.5 Å². The number of hydrogen-bond donors (Lipinski definition) is 6. The van der Waals surface area contributed by atoms with E-state index >= 15 is 0 Å². The van der Waals surface area contributed by atoms with Crippen molar-refractivity contribution in [1.82, 2.24) is 16.0 Å². The highest BCUT2D eigenvalue weighted by Crippen LogP contribution is 2.11. The van der Waals surface area contributed by atoms with Crippen molar-refractivity contribution >= 4 is 23.7 Å². The Morgan fingerprint density at radius 3 is 1.71 bits per heavy atom. The molecule has 0 aromatic carbocycles. The number of rotatable bonds is 17. The van der Waals surface area contributed by atoms with E-state index in [0.717, 1.165) is 6.42 Å². The van der Waals surface area contributed by atoms with Crippen LogP contribution in [-0.2, 0) is 19.2 Å². The Bertz CT molecular complexity index is 656. The van der Waals surface area contributed by atoms with Gasteiger partial charge in [0, 0.05) is 0 Å². The summed E-state index contributed by atoms with van der Waals surface area (Å²) in [6.45, 7) is 11.8. The zero-order valence-corrected chi connectivity index (χ0v) is 21.7. The third-order valence-electron chi connectivity index (χ3n) is 5.80. The number of amides is 3. The molecule has 0 aromatic rings. The van der Waals surface area contributed by atoms with Crippen LogP contribution < -0.4 is 27.4 Å². The van der Waals surface area contributed by atoms with Gasteiger partial charge in [0.05, 0.1) is 6.04 Å². The smallest absolute Gasteiger partial charge is 0.326 e. The number of carboxylic acid groups (broad SMARTS) is 1. The third kappa shape index (κ3) is 12.3. The molecule has 0 bridgehead atoms. The van der Waals surface area contributed by atoms with E-state index in [0.29, 0.717) is 32.2 Å². The predicted molar refractivity (Wildman–Crippen MR) is 133 cm³/mol. The summed E-state index contributed by atoms with van der Waals surface area (Å²) in [7, 11) is 0. The van der Waals surface area contributed by atoms with Gasteiger partial charge in [-0.2, -0.15) is 0 Å². The minimum atomic E-state index is -1.12. The molecule has 0 saturated heterocycles. The number of nitrogens with two attached hydrogens (primary N) is 2. The first-order chi connectivity index (χ1) is 15.8. The fourth-order valence-corrected chi connectivity index (χ4v) is 3.48. The van der Waals surface area contributed by atoms with Gasteiger partial charge in [-0.15, -0.1) is 0 Å². The maximum absolute atomic E-state index is 13.1. The fourth-order valence-electron chi connectivity index (χ4n) is 3.48. The molecule has 8 N–H and O–H groups in total. The molecule has 5 atom stereocenters. The van der Waals surface area contributed by atoms with Crippen molar-refractivity contribution in [2.24, 2.45) is 29.2 Å². The predicted octanol–water partition coefficient (Wildman–Crippen LogP) is 1.12. The third-order valence-corrected chi connectivity index (χ3v) is 5.80. The normalized spacial score (nSPS) is 15.8. The lowest BCUT2D eigenvalue weighted by molar-refractivity contribution is -0.143. The molecule has 0 aliphatic rings. The number of carbonyl (C=O) groups is 4. The summed E-state index contributed by atoms with van der Waals surface area (Å²) in [5, 5.41) is 17.5. The Morgan fingerprint density at radius 1 is 0.765 bits per heavy atom. The van der Waals surface area contributed by atoms with Crippen LogP contribution in [0.15, 0.2) is 0 Å². The first-order valence-electron chi connectivity index (χ1n) is 12.4. The van der Waals surface area contributed by atoms with Gasteiger partial charge in [0.25, 0.3) is 0 Å². The van der Waals surface area contributed by atoms with Crippen LogP contribution in [0.4, 0.5) is 0 Å². The molecule has 0 rings (SSSR count). The molecule has 198 valence electrons. The van der Waals surface area contributed by atoms with E-state index in [9.17, 15) is 24.3 Å². The van der Waals surface area contributed by atoms with Gasteiger partial charge in [-0.3, -0.25) is 14.4 Å². The minimum Gasteiger partial charge on any atom is -0.480 e. The van der Waals surface area contributed by atoms with Gasteiger partial charge in [0.1, 0.15) is 18.1 Å². The second-order valence-corrected chi connectivity index (χ2v) is 9.98. The standard InChI is InChI=1S/C24H47N5O5/c1-7-16(6)20(26)23(32)27-17(10-8-9-11-25)21(30)28-18(12-14(2)3)22(31)29-19(24(33)34)13-15(4)5/h14-20H,7-13,25-26H2,1-6H3,(H,27,32)(H,28,30)(H,29,31)(H,33,34). The molecular weight excluding hydrogens is 438 g/mol. The lowest BCUT2D eigenvalue weighted by Gasteiger charge is -2.27. The summed E-state index contributed by atoms with van der Waals surface area (Å²) in [6, 6.07) is -3.61. The lowest BCUT2D eigenvalue weighted by atomic mass is 9.98. The molecule has 0 saturated carbocycles. The lowest BCUT2D eigenvalue weighted by Crippen LogP contribution is -2.57. The highest BCUT2D eigenvalue weighted by atomic mass is 16.4. The number of carbonyl (C=O) groups excluding carboxylic acids is 3. The Hall–Kier alpha value is -2.20. The monoisotopic (exact) mass is 485 g/mol. The number of nitrogens with one attached hydrogen (secondary N) is 3. The molecule has 10 nitrogen and oxygen atoms in total. The number of hydrogen-bond acceptors (Lipinski definition) is 6. The van der Waals surface area contributed by atoms with Crippen molar-refractivity contribution in [1.29, 1.82) is 0 Å². The van der Waals surface area contributed by atoms with Crippen LogP contribution in [-0.4, -0.2) is 59.5 Å². The van der Waals surface area contributed by atoms with Crippen molar-refractivity contribution in [3.63, 3.8) is 0 Å². The molecule has 0 heterocycles. The van der Waals surface area contributed by atoms with Crippen LogP contribution in [0.3, 0.4) is 0 Å². The topological polar surface area (TPSA) is 177 Å². The van der Waals surface area contributed by atoms with Crippen molar-refractivity contribution in [3.8, 4) is 0 Å². The van der Waals surface area contributed by atoms with E-state index in [-0.39, 0.29) is 24.2 Å². The van der Waals surface area contributed by atoms with Crippen LogP contribution in [0.25, 0.3) is 0 Å². The maximum Gasteiger partial charge on any atom is 0.326 e. The molecule has 0 fully saturated rings. The Labute approximate surface area is 204 Å². The second kappa shape index (κ2) is 16.4. The fraction of sp³-hybridized carbons (Fsp3) is 0.833. The van der Waals surface area contributed by atoms with Gasteiger partial charge < -0.3 is 32.5 Å². The molecule has 0 aliphatic carbocycles. The van der Waals surface area contributed by atoms with Gasteiger partial charge >= 0.3 is 5.97 Å². The van der Waals surface area contributed by atoms with E-state index in [2.05, 4.69) is 16.0 Å². The maximum atomic E-state index is 13.1. The van der Waals surface area contributed by atoms with Gasteiger partial charge in [-0.05, 0) is 56.4 Å². The van der Waals surface area contributed by atoms with Crippen LogP contribution >= 0.6 is 0 Å². The highest BCUT2D eigenvalue weighted by molar-refractivity contribution is 5.94. The SMILES string of the molecule is CCC(C)C(N)C(=O)NC(CCCCN)C(=O)NC(CC(C)C)C(=O)NC(CC(C)C)C(=O)O. The summed E-state index contributed by atoms with van der Waals surface area (Å²) < 4.78 is 0. The average Bonchev–Trinajstić information content (AvgIpc) is 2.75. The molecule has 0 aromatic heterocycles. The minimum absolute atomic E-state index is 0.0545. The summed E-state index contributed by atoms with van der Waals surface area (Å²) in [6.07, 6.45) is 2.96. The van der Waals surface area contributed by atoms with Crippen molar-refractivity contribution in [2.75, 3.05) is 6.54 Å². The van der Waals surface area contributed by atoms with Crippen LogP contribution in [0.5, 0.6) is 0 Å². The van der Waals surface area contributed by atoms with Crippen LogP contribution in [0.1, 0.15) is 80.1 Å². The summed E-state index contributed by atoms with van der Waals surface area (Å²) in [5.41, 5.74) is 11.6. The summed E-state index contributed by atoms with van der Waals surface area (Å²) >= 11 is 0. The number of aliphatic carboxylic acids is 1. The second-order valence-electron chi connectivity index (χ2n) is 9.98. The number of carboxylic acids is 1. The molecular formula is C24H47N5O5. The molecule has 34 heavy (non-hydrogen) atoms. The van der Waals surface area contributed by atoms with Gasteiger partial charge in [0.2, 0.25) is 17.7 Å². The van der Waals surface area contributed by atoms with Crippen molar-refractivity contribution in [3.05, 3.63) is 0 Å². The first-order valence-corrected chi connectivity index (χ1v) is 12.4. The van der Waals surface area contributed by atoms with E-state index in [1.807, 2.05) is 41.5 Å². The molecule has 0 radical (unpaired) electrons. The number of unbranched alkanes of at least 4 members (excludes halogenated alkanes) is 1. The van der Waals surface area contributed by atoms with E-state index in [1.54, 1.807) is 0 Å². The van der Waals surface area contributed by atoms with E-state index < -0.39 is 47.9 Å². The molecule has 10 heteroatoms. The molecule has 3 amide bonds. The molecule has 5 unspecified atom stereocenters. The van der Waals surface area contributed by atoms with Crippen LogP contribution in [0.2, 0.25) is 0 Å². The summed E-state index contributed by atoms with van der Waals surface area (Å²) in [4.78, 5) is 50.3. The van der Waals surface area contributed by atoms with Gasteiger partial charge in [0.15, 0.2) is 0 Å².